The molecule has 2 aromatic heterocycles. The van der Waals surface area contributed by atoms with Gasteiger partial charge in [0, 0.05) is 42.3 Å². The lowest BCUT2D eigenvalue weighted by molar-refractivity contribution is 0.396. The summed E-state index contributed by atoms with van der Waals surface area (Å²) in [5.41, 5.74) is 0. The summed E-state index contributed by atoms with van der Waals surface area (Å²) in [4.78, 5) is 19.3. The average Bonchev–Trinajstić information content (AvgIpc) is 3.10. The first-order chi connectivity index (χ1) is 11.2. The van der Waals surface area contributed by atoms with Gasteiger partial charge in [0.2, 0.25) is 5.88 Å². The van der Waals surface area contributed by atoms with Gasteiger partial charge < -0.3 is 14.5 Å². The Morgan fingerprint density at radius 2 is 2.09 bits per heavy atom. The number of thiazole rings is 1. The molecule has 0 amide bonds. The second kappa shape index (κ2) is 5.96. The quantitative estimate of drug-likeness (QED) is 0.839. The molecule has 0 spiro atoms. The molecule has 1 atom stereocenters. The first-order valence-electron chi connectivity index (χ1n) is 8.06. The highest BCUT2D eigenvalue weighted by Gasteiger charge is 2.38. The summed E-state index contributed by atoms with van der Waals surface area (Å²) in [7, 11) is 1.65. The van der Waals surface area contributed by atoms with Crippen molar-refractivity contribution in [2.45, 2.75) is 38.3 Å². The van der Waals surface area contributed by atoms with Gasteiger partial charge in [-0.3, -0.25) is 0 Å². The van der Waals surface area contributed by atoms with Gasteiger partial charge >= 0.3 is 0 Å². The Labute approximate surface area is 140 Å². The molecule has 6 nitrogen and oxygen atoms in total. The summed E-state index contributed by atoms with van der Waals surface area (Å²) in [6.07, 6.45) is 7.20. The number of ether oxygens (including phenoxy) is 1. The summed E-state index contributed by atoms with van der Waals surface area (Å²) < 4.78 is 5.26. The molecule has 23 heavy (non-hydrogen) atoms. The molecule has 0 aromatic carbocycles. The molecule has 4 rings (SSSR count). The number of nitrogens with zero attached hydrogens (tertiary/aromatic N) is 5. The van der Waals surface area contributed by atoms with Gasteiger partial charge in [0.05, 0.1) is 7.11 Å². The summed E-state index contributed by atoms with van der Waals surface area (Å²) in [5.74, 6) is 1.62. The Hall–Kier alpha value is -1.89. The number of anilines is 2. The summed E-state index contributed by atoms with van der Waals surface area (Å²) in [6, 6.07) is 3.04. The molecule has 2 aliphatic rings. The molecule has 1 unspecified atom stereocenters. The van der Waals surface area contributed by atoms with Crippen LogP contribution in [-0.4, -0.2) is 47.2 Å². The number of hydrogen-bond acceptors (Lipinski definition) is 7. The fourth-order valence-electron chi connectivity index (χ4n) is 3.24. The van der Waals surface area contributed by atoms with Crippen LogP contribution in [-0.2, 0) is 0 Å². The molecular weight excluding hydrogens is 310 g/mol. The van der Waals surface area contributed by atoms with E-state index in [2.05, 4.69) is 31.7 Å². The van der Waals surface area contributed by atoms with Crippen LogP contribution in [0.2, 0.25) is 0 Å². The predicted molar refractivity (Wildman–Crippen MR) is 91.6 cm³/mol. The minimum atomic E-state index is 0.478. The zero-order chi connectivity index (χ0) is 15.8. The number of aryl methyl sites for hydroxylation is 1. The third-order valence-electron chi connectivity index (χ3n) is 4.48. The van der Waals surface area contributed by atoms with Crippen molar-refractivity contribution >= 4 is 22.3 Å². The van der Waals surface area contributed by atoms with Crippen molar-refractivity contribution in [3.63, 3.8) is 0 Å². The van der Waals surface area contributed by atoms with E-state index < -0.39 is 0 Å². The summed E-state index contributed by atoms with van der Waals surface area (Å²) >= 11 is 1.78. The van der Waals surface area contributed by atoms with Gasteiger partial charge in [0.1, 0.15) is 12.1 Å². The fraction of sp³-hybridized carbons (Fsp3) is 0.562. The van der Waals surface area contributed by atoms with E-state index in [-0.39, 0.29) is 0 Å². The van der Waals surface area contributed by atoms with E-state index >= 15 is 0 Å². The monoisotopic (exact) mass is 331 g/mol. The van der Waals surface area contributed by atoms with Crippen molar-refractivity contribution in [1.82, 2.24) is 15.0 Å². The second-order valence-electron chi connectivity index (χ2n) is 6.20. The van der Waals surface area contributed by atoms with Crippen LogP contribution in [0.5, 0.6) is 5.88 Å². The molecule has 1 saturated carbocycles. The summed E-state index contributed by atoms with van der Waals surface area (Å²) in [5, 5.41) is 1.14. The van der Waals surface area contributed by atoms with Crippen LogP contribution in [0.4, 0.5) is 10.9 Å². The molecule has 1 aliphatic heterocycles. The molecule has 2 aromatic rings. The van der Waals surface area contributed by atoms with Crippen LogP contribution >= 0.6 is 11.3 Å². The maximum Gasteiger partial charge on any atom is 0.218 e. The van der Waals surface area contributed by atoms with Crippen molar-refractivity contribution in [2.75, 3.05) is 30.0 Å². The fourth-order valence-corrected chi connectivity index (χ4v) is 4.03. The Morgan fingerprint density at radius 3 is 2.78 bits per heavy atom. The van der Waals surface area contributed by atoms with E-state index in [1.165, 1.54) is 17.7 Å². The summed E-state index contributed by atoms with van der Waals surface area (Å²) in [6.45, 7) is 4.18. The first-order valence-corrected chi connectivity index (χ1v) is 8.88. The van der Waals surface area contributed by atoms with Crippen LogP contribution < -0.4 is 14.5 Å². The number of aromatic nitrogens is 3. The zero-order valence-electron chi connectivity index (χ0n) is 13.5. The first kappa shape index (κ1) is 14.7. The number of hydrogen-bond donors (Lipinski definition) is 0. The SMILES string of the molecule is COc1cc(N(C2CC2)C2CCN(c3ncc(C)s3)C2)ncn1. The van der Waals surface area contributed by atoms with E-state index in [1.807, 2.05) is 12.3 Å². The number of rotatable bonds is 5. The maximum absolute atomic E-state index is 5.26. The van der Waals surface area contributed by atoms with Crippen LogP contribution in [0.25, 0.3) is 0 Å². The molecule has 1 saturated heterocycles. The van der Waals surface area contributed by atoms with Crippen molar-refractivity contribution in [3.8, 4) is 5.88 Å². The topological polar surface area (TPSA) is 54.4 Å². The van der Waals surface area contributed by atoms with E-state index in [9.17, 15) is 0 Å². The molecule has 7 heteroatoms. The normalized spacial score (nSPS) is 20.8. The average molecular weight is 331 g/mol. The van der Waals surface area contributed by atoms with Gasteiger partial charge in [-0.1, -0.05) is 0 Å². The molecule has 3 heterocycles. The van der Waals surface area contributed by atoms with Crippen LogP contribution in [0, 0.1) is 6.92 Å². The van der Waals surface area contributed by atoms with Gasteiger partial charge in [-0.15, -0.1) is 11.3 Å². The van der Waals surface area contributed by atoms with E-state index in [0.29, 0.717) is 18.0 Å². The third-order valence-corrected chi connectivity index (χ3v) is 5.45. The highest BCUT2D eigenvalue weighted by atomic mass is 32.1. The lowest BCUT2D eigenvalue weighted by Gasteiger charge is -2.30. The minimum absolute atomic E-state index is 0.478. The predicted octanol–water partition coefficient (Wildman–Crippen LogP) is 2.50. The van der Waals surface area contributed by atoms with E-state index in [1.54, 1.807) is 24.8 Å². The lowest BCUT2D eigenvalue weighted by atomic mass is 10.2. The number of methoxy groups -OCH3 is 1. The Kier molecular flexibility index (Phi) is 3.80. The highest BCUT2D eigenvalue weighted by molar-refractivity contribution is 7.15. The minimum Gasteiger partial charge on any atom is -0.481 e. The zero-order valence-corrected chi connectivity index (χ0v) is 14.3. The third kappa shape index (κ3) is 2.97. The van der Waals surface area contributed by atoms with Crippen LogP contribution in [0.3, 0.4) is 0 Å². The Balaban J connectivity index is 1.54. The van der Waals surface area contributed by atoms with Crippen LogP contribution in [0.15, 0.2) is 18.6 Å². The largest absolute Gasteiger partial charge is 0.481 e. The molecule has 0 N–H and O–H groups in total. The van der Waals surface area contributed by atoms with Crippen molar-refractivity contribution in [1.29, 1.82) is 0 Å². The standard InChI is InChI=1S/C16H21N5OS/c1-11-8-17-16(23-11)20-6-5-13(9-20)21(12-3-4-12)14-7-15(22-2)19-10-18-14/h7-8,10,12-13H,3-6,9H2,1-2H3. The van der Waals surface area contributed by atoms with Crippen LogP contribution in [0.1, 0.15) is 24.1 Å². The van der Waals surface area contributed by atoms with Crippen molar-refractivity contribution < 1.29 is 4.74 Å². The van der Waals surface area contributed by atoms with Crippen molar-refractivity contribution in [2.24, 2.45) is 0 Å². The second-order valence-corrected chi connectivity index (χ2v) is 7.41. The smallest absolute Gasteiger partial charge is 0.218 e. The molecular formula is C16H21N5OS. The van der Waals surface area contributed by atoms with Gasteiger partial charge in [0.15, 0.2) is 5.13 Å². The van der Waals surface area contributed by atoms with Crippen molar-refractivity contribution in [3.05, 3.63) is 23.5 Å². The maximum atomic E-state index is 5.26. The highest BCUT2D eigenvalue weighted by Crippen LogP contribution is 2.37. The lowest BCUT2D eigenvalue weighted by Crippen LogP contribution is -2.40. The van der Waals surface area contributed by atoms with Gasteiger partial charge in [-0.05, 0) is 26.2 Å². The van der Waals surface area contributed by atoms with Gasteiger partial charge in [-0.25, -0.2) is 15.0 Å². The molecule has 2 fully saturated rings. The molecule has 0 radical (unpaired) electrons. The van der Waals surface area contributed by atoms with E-state index in [0.717, 1.165) is 30.5 Å². The molecule has 0 bridgehead atoms. The van der Waals surface area contributed by atoms with E-state index in [4.69, 9.17) is 4.74 Å². The Bertz CT molecular complexity index is 687. The molecule has 1 aliphatic carbocycles. The van der Waals surface area contributed by atoms with Gasteiger partial charge in [0.25, 0.3) is 0 Å². The van der Waals surface area contributed by atoms with Gasteiger partial charge in [-0.2, -0.15) is 0 Å². The molecule has 122 valence electrons. The Morgan fingerprint density at radius 1 is 1.22 bits per heavy atom.